The molecule has 1 unspecified atom stereocenters. The smallest absolute Gasteiger partial charge is 0.219 e. The summed E-state index contributed by atoms with van der Waals surface area (Å²) in [5.41, 5.74) is 0. The number of nitrogens with one attached hydrogen (secondary N) is 2. The summed E-state index contributed by atoms with van der Waals surface area (Å²) in [5, 5.41) is 6.15. The van der Waals surface area contributed by atoms with E-state index in [2.05, 4.69) is 10.6 Å². The highest BCUT2D eigenvalue weighted by Crippen LogP contribution is 2.15. The second-order valence-corrected chi connectivity index (χ2v) is 3.70. The van der Waals surface area contributed by atoms with Crippen molar-refractivity contribution in [1.82, 2.24) is 10.6 Å². The number of carbonyl (C=O) groups is 1. The van der Waals surface area contributed by atoms with Crippen molar-refractivity contribution in [2.45, 2.75) is 32.6 Å². The molecule has 1 amide bonds. The van der Waals surface area contributed by atoms with Crippen molar-refractivity contribution in [3.05, 3.63) is 0 Å². The van der Waals surface area contributed by atoms with Crippen molar-refractivity contribution in [2.75, 3.05) is 19.6 Å². The molecule has 1 saturated heterocycles. The van der Waals surface area contributed by atoms with Crippen LogP contribution in [0.3, 0.4) is 0 Å². The predicted molar refractivity (Wildman–Crippen MR) is 53.5 cm³/mol. The van der Waals surface area contributed by atoms with Crippen LogP contribution < -0.4 is 10.6 Å². The van der Waals surface area contributed by atoms with Crippen LogP contribution in [0.4, 0.5) is 0 Å². The lowest BCUT2D eigenvalue weighted by Crippen LogP contribution is -2.22. The maximum atomic E-state index is 11.1. The molecule has 1 rings (SSSR count). The highest BCUT2D eigenvalue weighted by Gasteiger charge is 2.13. The first-order chi connectivity index (χ1) is 6.33. The Bertz CT molecular complexity index is 153. The van der Waals surface area contributed by atoms with Crippen LogP contribution in [0.2, 0.25) is 0 Å². The minimum atomic E-state index is 0.202. The molecule has 0 radical (unpaired) electrons. The first-order valence-electron chi connectivity index (χ1n) is 5.30. The van der Waals surface area contributed by atoms with Gasteiger partial charge in [-0.15, -0.1) is 0 Å². The summed E-state index contributed by atoms with van der Waals surface area (Å²) < 4.78 is 0. The maximum Gasteiger partial charge on any atom is 0.219 e. The highest BCUT2D eigenvalue weighted by atomic mass is 16.1. The molecule has 0 bridgehead atoms. The number of carbonyl (C=O) groups excluding carboxylic acids is 1. The van der Waals surface area contributed by atoms with Crippen LogP contribution >= 0.6 is 0 Å². The summed E-state index contributed by atoms with van der Waals surface area (Å²) in [4.78, 5) is 11.1. The van der Waals surface area contributed by atoms with Gasteiger partial charge >= 0.3 is 0 Å². The zero-order valence-electron chi connectivity index (χ0n) is 8.44. The number of hydrogen-bond donors (Lipinski definition) is 2. The van der Waals surface area contributed by atoms with Gasteiger partial charge in [0.25, 0.3) is 0 Å². The van der Waals surface area contributed by atoms with Gasteiger partial charge in [0.15, 0.2) is 0 Å². The Kier molecular flexibility index (Phi) is 4.83. The molecule has 76 valence electrons. The Hall–Kier alpha value is -0.570. The second kappa shape index (κ2) is 5.97. The first-order valence-corrected chi connectivity index (χ1v) is 5.30. The minimum Gasteiger partial charge on any atom is -0.356 e. The van der Waals surface area contributed by atoms with Gasteiger partial charge in [0, 0.05) is 13.0 Å². The highest BCUT2D eigenvalue weighted by molar-refractivity contribution is 5.75. The average Bonchev–Trinajstić information content (AvgIpc) is 2.57. The molecule has 3 nitrogen and oxygen atoms in total. The molecule has 0 saturated carbocycles. The van der Waals surface area contributed by atoms with Gasteiger partial charge in [-0.05, 0) is 45.2 Å². The molecule has 0 aliphatic carbocycles. The molecule has 0 aromatic heterocycles. The number of hydrogen-bond acceptors (Lipinski definition) is 2. The van der Waals surface area contributed by atoms with Crippen LogP contribution in [-0.4, -0.2) is 25.5 Å². The van der Waals surface area contributed by atoms with Crippen molar-refractivity contribution in [2.24, 2.45) is 5.92 Å². The lowest BCUT2D eigenvalue weighted by Gasteiger charge is -2.07. The monoisotopic (exact) mass is 184 g/mol. The van der Waals surface area contributed by atoms with Gasteiger partial charge in [-0.3, -0.25) is 4.79 Å². The molecule has 0 aromatic carbocycles. The largest absolute Gasteiger partial charge is 0.356 e. The standard InChI is InChI=1S/C10H20N2O/c1-2-12-10(13)5-3-4-9-6-7-11-8-9/h9,11H,2-8H2,1H3,(H,12,13). The summed E-state index contributed by atoms with van der Waals surface area (Å²) in [6.45, 7) is 5.02. The molecular formula is C10H20N2O. The van der Waals surface area contributed by atoms with Gasteiger partial charge < -0.3 is 10.6 Å². The molecule has 2 N–H and O–H groups in total. The minimum absolute atomic E-state index is 0.202. The second-order valence-electron chi connectivity index (χ2n) is 3.70. The van der Waals surface area contributed by atoms with Crippen LogP contribution in [-0.2, 0) is 4.79 Å². The Morgan fingerprint density at radius 2 is 2.46 bits per heavy atom. The van der Waals surface area contributed by atoms with E-state index < -0.39 is 0 Å². The zero-order chi connectivity index (χ0) is 9.52. The van der Waals surface area contributed by atoms with E-state index in [1.165, 1.54) is 12.8 Å². The third-order valence-electron chi connectivity index (χ3n) is 2.55. The molecular weight excluding hydrogens is 164 g/mol. The summed E-state index contributed by atoms with van der Waals surface area (Å²) in [6, 6.07) is 0. The molecule has 0 aromatic rings. The fraction of sp³-hybridized carbons (Fsp3) is 0.900. The van der Waals surface area contributed by atoms with Crippen LogP contribution in [0.15, 0.2) is 0 Å². The van der Waals surface area contributed by atoms with Crippen molar-refractivity contribution >= 4 is 5.91 Å². The Morgan fingerprint density at radius 3 is 3.08 bits per heavy atom. The zero-order valence-corrected chi connectivity index (χ0v) is 8.44. The van der Waals surface area contributed by atoms with Gasteiger partial charge in [0.2, 0.25) is 5.91 Å². The molecule has 1 aliphatic rings. The molecule has 13 heavy (non-hydrogen) atoms. The van der Waals surface area contributed by atoms with Crippen molar-refractivity contribution in [3.8, 4) is 0 Å². The summed E-state index contributed by atoms with van der Waals surface area (Å²) in [7, 11) is 0. The lowest BCUT2D eigenvalue weighted by atomic mass is 10.0. The number of rotatable bonds is 5. The molecule has 1 heterocycles. The van der Waals surface area contributed by atoms with E-state index in [-0.39, 0.29) is 5.91 Å². The normalized spacial score (nSPS) is 21.8. The third-order valence-corrected chi connectivity index (χ3v) is 2.55. The van der Waals surface area contributed by atoms with E-state index in [1.807, 2.05) is 6.92 Å². The van der Waals surface area contributed by atoms with Crippen LogP contribution in [0.25, 0.3) is 0 Å². The predicted octanol–water partition coefficient (Wildman–Crippen LogP) is 0.902. The van der Waals surface area contributed by atoms with E-state index in [9.17, 15) is 4.79 Å². The van der Waals surface area contributed by atoms with Gasteiger partial charge in [-0.2, -0.15) is 0 Å². The number of amides is 1. The fourth-order valence-electron chi connectivity index (χ4n) is 1.80. The molecule has 1 atom stereocenters. The van der Waals surface area contributed by atoms with Gasteiger partial charge in [-0.25, -0.2) is 0 Å². The van der Waals surface area contributed by atoms with Crippen LogP contribution in [0, 0.1) is 5.92 Å². The third kappa shape index (κ3) is 4.27. The summed E-state index contributed by atoms with van der Waals surface area (Å²) in [5.74, 6) is 1.02. The first kappa shape index (κ1) is 10.5. The van der Waals surface area contributed by atoms with E-state index in [1.54, 1.807) is 0 Å². The fourth-order valence-corrected chi connectivity index (χ4v) is 1.80. The Labute approximate surface area is 80.3 Å². The van der Waals surface area contributed by atoms with Crippen molar-refractivity contribution in [3.63, 3.8) is 0 Å². The van der Waals surface area contributed by atoms with E-state index in [0.29, 0.717) is 6.42 Å². The van der Waals surface area contributed by atoms with E-state index in [0.717, 1.165) is 32.0 Å². The Balaban J connectivity index is 1.96. The van der Waals surface area contributed by atoms with E-state index in [4.69, 9.17) is 0 Å². The summed E-state index contributed by atoms with van der Waals surface area (Å²) >= 11 is 0. The molecule has 3 heteroatoms. The van der Waals surface area contributed by atoms with Gasteiger partial charge in [0.05, 0.1) is 0 Å². The quantitative estimate of drug-likeness (QED) is 0.666. The van der Waals surface area contributed by atoms with Gasteiger partial charge in [-0.1, -0.05) is 0 Å². The molecule has 1 aliphatic heterocycles. The van der Waals surface area contributed by atoms with Crippen molar-refractivity contribution in [1.29, 1.82) is 0 Å². The average molecular weight is 184 g/mol. The molecule has 0 spiro atoms. The molecule has 1 fully saturated rings. The topological polar surface area (TPSA) is 41.1 Å². The SMILES string of the molecule is CCNC(=O)CCCC1CCNC1. The van der Waals surface area contributed by atoms with Crippen molar-refractivity contribution < 1.29 is 4.79 Å². The lowest BCUT2D eigenvalue weighted by molar-refractivity contribution is -0.121. The van der Waals surface area contributed by atoms with Crippen LogP contribution in [0.5, 0.6) is 0 Å². The van der Waals surface area contributed by atoms with Crippen LogP contribution in [0.1, 0.15) is 32.6 Å². The van der Waals surface area contributed by atoms with E-state index >= 15 is 0 Å². The Morgan fingerprint density at radius 1 is 1.62 bits per heavy atom. The van der Waals surface area contributed by atoms with Gasteiger partial charge in [0.1, 0.15) is 0 Å². The maximum absolute atomic E-state index is 11.1. The summed E-state index contributed by atoms with van der Waals surface area (Å²) in [6.07, 6.45) is 4.22.